The standard InChI is InChI=1S/C28H46N2O4.ClH/c1-8-22(6)28(27(32)33,30(9-2)10-3)24-18-17-23(19-25(24)34-7)20-29-26(31)16-14-12-11-13-15-21(4)5;/h13,15,17-19,21-22H,8-12,14,16,20H2,1-7H3,(H,29,31)(H,32,33);1H/t22-,28+;/m0./s1. The molecule has 0 aliphatic carbocycles. The average molecular weight is 511 g/mol. The minimum Gasteiger partial charge on any atom is -0.496 e. The molecular formula is C28H47ClN2O4. The summed E-state index contributed by atoms with van der Waals surface area (Å²) in [6.07, 6.45) is 8.45. The number of ether oxygens (including phenoxy) is 1. The van der Waals surface area contributed by atoms with Gasteiger partial charge >= 0.3 is 5.97 Å². The van der Waals surface area contributed by atoms with Gasteiger partial charge in [-0.15, -0.1) is 12.4 Å². The Morgan fingerprint density at radius 2 is 1.80 bits per heavy atom. The molecule has 0 fully saturated rings. The highest BCUT2D eigenvalue weighted by molar-refractivity contribution is 5.85. The fourth-order valence-corrected chi connectivity index (χ4v) is 4.59. The van der Waals surface area contributed by atoms with E-state index in [2.05, 4.69) is 31.3 Å². The maximum atomic E-state index is 12.8. The third-order valence-electron chi connectivity index (χ3n) is 6.63. The lowest BCUT2D eigenvalue weighted by molar-refractivity contribution is -0.157. The van der Waals surface area contributed by atoms with Gasteiger partial charge in [-0.1, -0.05) is 72.2 Å². The number of unbranched alkanes of at least 4 members (excludes halogenated alkanes) is 2. The van der Waals surface area contributed by atoms with Crippen LogP contribution in [0, 0.1) is 11.8 Å². The highest BCUT2D eigenvalue weighted by Gasteiger charge is 2.50. The van der Waals surface area contributed by atoms with Crippen molar-refractivity contribution in [3.05, 3.63) is 41.5 Å². The van der Waals surface area contributed by atoms with E-state index in [1.807, 2.05) is 50.8 Å². The van der Waals surface area contributed by atoms with E-state index in [0.717, 1.165) is 31.2 Å². The van der Waals surface area contributed by atoms with E-state index in [-0.39, 0.29) is 24.2 Å². The molecule has 0 aliphatic rings. The number of allylic oxidation sites excluding steroid dienone is 2. The summed E-state index contributed by atoms with van der Waals surface area (Å²) in [7, 11) is 1.57. The summed E-state index contributed by atoms with van der Waals surface area (Å²) < 4.78 is 5.69. The van der Waals surface area contributed by atoms with Crippen LogP contribution in [0.2, 0.25) is 0 Å². The highest BCUT2D eigenvalue weighted by atomic mass is 35.5. The lowest BCUT2D eigenvalue weighted by Gasteiger charge is -2.44. The number of hydrogen-bond acceptors (Lipinski definition) is 4. The first kappa shape index (κ1) is 33.0. The van der Waals surface area contributed by atoms with E-state index in [1.165, 1.54) is 0 Å². The van der Waals surface area contributed by atoms with Crippen molar-refractivity contribution < 1.29 is 19.4 Å². The van der Waals surface area contributed by atoms with Crippen LogP contribution in [-0.2, 0) is 21.7 Å². The number of nitrogens with one attached hydrogen (secondary N) is 1. The zero-order chi connectivity index (χ0) is 25.7. The number of carboxylic acid groups (broad SMARTS) is 1. The molecule has 0 aromatic heterocycles. The Labute approximate surface area is 218 Å². The van der Waals surface area contributed by atoms with E-state index >= 15 is 0 Å². The predicted molar refractivity (Wildman–Crippen MR) is 146 cm³/mol. The van der Waals surface area contributed by atoms with Gasteiger partial charge in [0, 0.05) is 18.5 Å². The van der Waals surface area contributed by atoms with Crippen LogP contribution in [0.5, 0.6) is 5.75 Å². The molecule has 0 aliphatic heterocycles. The van der Waals surface area contributed by atoms with E-state index in [4.69, 9.17) is 4.74 Å². The van der Waals surface area contributed by atoms with Crippen LogP contribution in [0.1, 0.15) is 84.8 Å². The minimum atomic E-state index is -1.19. The largest absolute Gasteiger partial charge is 0.496 e. The Balaban J connectivity index is 0.0000116. The van der Waals surface area contributed by atoms with Crippen LogP contribution in [0.3, 0.4) is 0 Å². The molecule has 0 heterocycles. The first-order chi connectivity index (χ1) is 16.2. The number of nitrogens with zero attached hydrogens (tertiary/aromatic N) is 1. The molecule has 7 heteroatoms. The summed E-state index contributed by atoms with van der Waals surface area (Å²) in [5, 5.41) is 13.5. The second-order valence-corrected chi connectivity index (χ2v) is 9.28. The van der Waals surface area contributed by atoms with Crippen molar-refractivity contribution in [2.24, 2.45) is 11.8 Å². The number of benzene rings is 1. The molecule has 2 N–H and O–H groups in total. The van der Waals surface area contributed by atoms with Gasteiger partial charge in [0.05, 0.1) is 7.11 Å². The van der Waals surface area contributed by atoms with Crippen LogP contribution >= 0.6 is 12.4 Å². The molecule has 0 spiro atoms. The van der Waals surface area contributed by atoms with Gasteiger partial charge in [0.25, 0.3) is 0 Å². The Bertz CT molecular complexity index is 808. The smallest absolute Gasteiger partial charge is 0.329 e. The van der Waals surface area contributed by atoms with Gasteiger partial charge in [-0.25, -0.2) is 4.79 Å². The number of carbonyl (C=O) groups is 2. The van der Waals surface area contributed by atoms with Crippen LogP contribution in [0.25, 0.3) is 0 Å². The van der Waals surface area contributed by atoms with E-state index in [0.29, 0.717) is 43.3 Å². The Hall–Kier alpha value is -2.05. The van der Waals surface area contributed by atoms with Gasteiger partial charge < -0.3 is 15.2 Å². The fourth-order valence-electron chi connectivity index (χ4n) is 4.59. The normalized spacial score (nSPS) is 14.0. The van der Waals surface area contributed by atoms with Gasteiger partial charge in [0.1, 0.15) is 5.75 Å². The molecule has 1 aromatic rings. The topological polar surface area (TPSA) is 78.9 Å². The minimum absolute atomic E-state index is 0. The molecule has 1 aromatic carbocycles. The number of likely N-dealkylation sites (N-methyl/N-ethyl adjacent to an activating group) is 1. The van der Waals surface area contributed by atoms with Crippen molar-refractivity contribution in [1.29, 1.82) is 0 Å². The van der Waals surface area contributed by atoms with Crippen molar-refractivity contribution in [3.63, 3.8) is 0 Å². The van der Waals surface area contributed by atoms with Crippen molar-refractivity contribution in [2.45, 2.75) is 85.7 Å². The molecule has 1 rings (SSSR count). The van der Waals surface area contributed by atoms with Crippen molar-refractivity contribution in [3.8, 4) is 5.75 Å². The second-order valence-electron chi connectivity index (χ2n) is 9.28. The van der Waals surface area contributed by atoms with Crippen LogP contribution < -0.4 is 10.1 Å². The van der Waals surface area contributed by atoms with Gasteiger partial charge in [-0.2, -0.15) is 0 Å². The molecule has 2 atom stereocenters. The monoisotopic (exact) mass is 510 g/mol. The molecule has 0 saturated heterocycles. The maximum Gasteiger partial charge on any atom is 0.329 e. The molecule has 1 amide bonds. The number of aliphatic carboxylic acids is 1. The number of methoxy groups -OCH3 is 1. The van der Waals surface area contributed by atoms with Crippen molar-refractivity contribution >= 4 is 24.3 Å². The third kappa shape index (κ3) is 8.84. The SMILES string of the molecule is CC[C@H](C)[C@](C(=O)O)(c1ccc(CNC(=O)CCCCC=CC(C)C)cc1OC)N(CC)CC.Cl. The lowest BCUT2D eigenvalue weighted by Crippen LogP contribution is -2.56. The third-order valence-corrected chi connectivity index (χ3v) is 6.63. The number of halogens is 1. The van der Waals surface area contributed by atoms with Crippen LogP contribution in [0.4, 0.5) is 0 Å². The van der Waals surface area contributed by atoms with Gasteiger partial charge in [-0.3, -0.25) is 9.69 Å². The number of carbonyl (C=O) groups excluding carboxylic acids is 1. The van der Waals surface area contributed by atoms with E-state index in [9.17, 15) is 14.7 Å². The first-order valence-electron chi connectivity index (χ1n) is 12.8. The number of hydrogen-bond donors (Lipinski definition) is 2. The van der Waals surface area contributed by atoms with Gasteiger partial charge in [0.15, 0.2) is 5.54 Å². The summed E-state index contributed by atoms with van der Waals surface area (Å²) in [5.41, 5.74) is 0.358. The van der Waals surface area contributed by atoms with Gasteiger partial charge in [-0.05, 0) is 55.8 Å². The van der Waals surface area contributed by atoms with Crippen LogP contribution in [-0.4, -0.2) is 42.1 Å². The first-order valence-corrected chi connectivity index (χ1v) is 12.8. The molecule has 200 valence electrons. The van der Waals surface area contributed by atoms with E-state index < -0.39 is 11.5 Å². The summed E-state index contributed by atoms with van der Waals surface area (Å²) in [6.45, 7) is 13.9. The van der Waals surface area contributed by atoms with Crippen LogP contribution in [0.15, 0.2) is 30.4 Å². The Kier molecular flexibility index (Phi) is 15.6. The van der Waals surface area contributed by atoms with Gasteiger partial charge in [0.2, 0.25) is 5.91 Å². The molecule has 0 radical (unpaired) electrons. The van der Waals surface area contributed by atoms with Crippen molar-refractivity contribution in [1.82, 2.24) is 10.2 Å². The quantitative estimate of drug-likeness (QED) is 0.205. The lowest BCUT2D eigenvalue weighted by atomic mass is 9.75. The fraction of sp³-hybridized carbons (Fsp3) is 0.643. The zero-order valence-corrected chi connectivity index (χ0v) is 23.5. The highest BCUT2D eigenvalue weighted by Crippen LogP contribution is 2.43. The summed E-state index contributed by atoms with van der Waals surface area (Å²) >= 11 is 0. The maximum absolute atomic E-state index is 12.8. The summed E-state index contributed by atoms with van der Waals surface area (Å²) in [4.78, 5) is 27.1. The van der Waals surface area contributed by atoms with Crippen molar-refractivity contribution in [2.75, 3.05) is 20.2 Å². The summed E-state index contributed by atoms with van der Waals surface area (Å²) in [6, 6.07) is 5.62. The molecule has 0 unspecified atom stereocenters. The number of rotatable bonds is 16. The Morgan fingerprint density at radius 3 is 2.31 bits per heavy atom. The molecular weight excluding hydrogens is 464 g/mol. The second kappa shape index (κ2) is 16.6. The predicted octanol–water partition coefficient (Wildman–Crippen LogP) is 6.17. The molecule has 35 heavy (non-hydrogen) atoms. The summed E-state index contributed by atoms with van der Waals surface area (Å²) in [5.74, 6) is 0.134. The number of carboxylic acids is 1. The zero-order valence-electron chi connectivity index (χ0n) is 22.7. The molecule has 0 saturated carbocycles. The number of amides is 1. The molecule has 6 nitrogen and oxygen atoms in total. The Morgan fingerprint density at radius 1 is 1.14 bits per heavy atom. The van der Waals surface area contributed by atoms with E-state index in [1.54, 1.807) is 7.11 Å². The average Bonchev–Trinajstić information content (AvgIpc) is 2.82. The molecule has 0 bridgehead atoms.